The molecule has 2 heterocycles. The molecule has 2 aliphatic heterocycles. The summed E-state index contributed by atoms with van der Waals surface area (Å²) in [6.07, 6.45) is 0.621. The third-order valence-electron chi connectivity index (χ3n) is 3.43. The lowest BCUT2D eigenvalue weighted by Gasteiger charge is -2.29. The van der Waals surface area contributed by atoms with Gasteiger partial charge < -0.3 is 18.9 Å². The normalized spacial score (nSPS) is 33.1. The van der Waals surface area contributed by atoms with Gasteiger partial charge in [0.05, 0.1) is 19.3 Å². The summed E-state index contributed by atoms with van der Waals surface area (Å²) in [6, 6.07) is 10.1. The van der Waals surface area contributed by atoms with E-state index < -0.39 is 5.79 Å². The number of fused-ring (bicyclic) bond motifs is 1. The van der Waals surface area contributed by atoms with E-state index in [0.717, 1.165) is 12.0 Å². The van der Waals surface area contributed by atoms with Crippen molar-refractivity contribution < 1.29 is 18.9 Å². The summed E-state index contributed by atoms with van der Waals surface area (Å²) in [6.45, 7) is 4.97. The molecule has 104 valence electrons. The molecule has 0 bridgehead atoms. The maximum atomic E-state index is 5.85. The van der Waals surface area contributed by atoms with Crippen LogP contribution in [0.1, 0.15) is 25.8 Å². The summed E-state index contributed by atoms with van der Waals surface area (Å²) in [4.78, 5) is 0. The van der Waals surface area contributed by atoms with E-state index in [-0.39, 0.29) is 18.5 Å². The summed E-state index contributed by atoms with van der Waals surface area (Å²) in [7, 11) is 0. The molecule has 19 heavy (non-hydrogen) atoms. The first kappa shape index (κ1) is 13.1. The van der Waals surface area contributed by atoms with Crippen molar-refractivity contribution in [3.8, 4) is 0 Å². The molecule has 2 aliphatic rings. The van der Waals surface area contributed by atoms with Gasteiger partial charge in [0.1, 0.15) is 6.10 Å². The van der Waals surface area contributed by atoms with E-state index in [9.17, 15) is 0 Å². The predicted molar refractivity (Wildman–Crippen MR) is 69.4 cm³/mol. The van der Waals surface area contributed by atoms with E-state index >= 15 is 0 Å². The quantitative estimate of drug-likeness (QED) is 0.840. The molecule has 0 amide bonds. The molecule has 0 saturated carbocycles. The zero-order chi connectivity index (χ0) is 13.3. The third-order valence-corrected chi connectivity index (χ3v) is 3.43. The first-order valence-corrected chi connectivity index (χ1v) is 6.75. The number of ether oxygens (including phenoxy) is 4. The van der Waals surface area contributed by atoms with Crippen LogP contribution in [0.15, 0.2) is 30.3 Å². The first-order chi connectivity index (χ1) is 9.12. The first-order valence-electron chi connectivity index (χ1n) is 6.75. The van der Waals surface area contributed by atoms with E-state index in [0.29, 0.717) is 13.2 Å². The lowest BCUT2D eigenvalue weighted by molar-refractivity contribution is -0.201. The summed E-state index contributed by atoms with van der Waals surface area (Å²) in [5.41, 5.74) is 1.15. The van der Waals surface area contributed by atoms with Crippen molar-refractivity contribution >= 4 is 0 Å². The average molecular weight is 264 g/mol. The predicted octanol–water partition coefficient (Wildman–Crippen LogP) is 2.47. The Morgan fingerprint density at radius 3 is 2.68 bits per heavy atom. The van der Waals surface area contributed by atoms with Crippen LogP contribution in [0.2, 0.25) is 0 Å². The minimum Gasteiger partial charge on any atom is -0.350 e. The SMILES string of the molecule is CC1(C)O[C@H]2CO[C@@H](OCc3ccccc3)C[C@H]2O1. The molecule has 0 aromatic heterocycles. The molecule has 0 spiro atoms. The molecule has 2 saturated heterocycles. The highest BCUT2D eigenvalue weighted by Gasteiger charge is 2.45. The Morgan fingerprint density at radius 2 is 1.89 bits per heavy atom. The molecule has 1 aromatic rings. The van der Waals surface area contributed by atoms with Gasteiger partial charge in [0.15, 0.2) is 12.1 Å². The molecule has 3 atom stereocenters. The van der Waals surface area contributed by atoms with Crippen LogP contribution in [0.5, 0.6) is 0 Å². The maximum Gasteiger partial charge on any atom is 0.163 e. The number of hydrogen-bond donors (Lipinski definition) is 0. The molecule has 0 unspecified atom stereocenters. The molecule has 3 rings (SSSR count). The van der Waals surface area contributed by atoms with Crippen LogP contribution in [-0.4, -0.2) is 30.9 Å². The van der Waals surface area contributed by atoms with Gasteiger partial charge in [-0.3, -0.25) is 0 Å². The largest absolute Gasteiger partial charge is 0.350 e. The van der Waals surface area contributed by atoms with Gasteiger partial charge >= 0.3 is 0 Å². The van der Waals surface area contributed by atoms with Crippen molar-refractivity contribution in [2.75, 3.05) is 6.61 Å². The summed E-state index contributed by atoms with van der Waals surface area (Å²) >= 11 is 0. The lowest BCUT2D eigenvalue weighted by atomic mass is 10.1. The number of benzene rings is 1. The van der Waals surface area contributed by atoms with Gasteiger partial charge in [-0.15, -0.1) is 0 Å². The highest BCUT2D eigenvalue weighted by atomic mass is 16.8. The standard InChI is InChI=1S/C15H20O4/c1-15(2)18-12-8-14(17-10-13(12)19-15)16-9-11-6-4-3-5-7-11/h3-7,12-14H,8-10H2,1-2H3/t12-,13+,14-/m1/s1. The van der Waals surface area contributed by atoms with Gasteiger partial charge in [0.25, 0.3) is 0 Å². The van der Waals surface area contributed by atoms with Gasteiger partial charge in [-0.05, 0) is 19.4 Å². The monoisotopic (exact) mass is 264 g/mol. The zero-order valence-electron chi connectivity index (χ0n) is 11.4. The van der Waals surface area contributed by atoms with E-state index in [1.807, 2.05) is 44.2 Å². The fourth-order valence-corrected chi connectivity index (χ4v) is 2.59. The average Bonchev–Trinajstić information content (AvgIpc) is 2.70. The molecule has 1 aromatic carbocycles. The molecule has 0 radical (unpaired) electrons. The van der Waals surface area contributed by atoms with Crippen molar-refractivity contribution in [2.45, 2.75) is 51.2 Å². The second-order valence-corrected chi connectivity index (χ2v) is 5.51. The van der Waals surface area contributed by atoms with Crippen molar-refractivity contribution in [3.63, 3.8) is 0 Å². The number of hydrogen-bond acceptors (Lipinski definition) is 4. The summed E-state index contributed by atoms with van der Waals surface area (Å²) in [5.74, 6) is -0.507. The van der Waals surface area contributed by atoms with Gasteiger partial charge in [0, 0.05) is 6.42 Å². The van der Waals surface area contributed by atoms with Gasteiger partial charge in [0.2, 0.25) is 0 Å². The highest BCUT2D eigenvalue weighted by molar-refractivity contribution is 5.13. The molecular formula is C15H20O4. The van der Waals surface area contributed by atoms with Crippen molar-refractivity contribution in [2.24, 2.45) is 0 Å². The van der Waals surface area contributed by atoms with Gasteiger partial charge in [-0.1, -0.05) is 30.3 Å². The summed E-state index contributed by atoms with van der Waals surface area (Å²) < 4.78 is 23.1. The van der Waals surface area contributed by atoms with Crippen LogP contribution in [0.4, 0.5) is 0 Å². The second-order valence-electron chi connectivity index (χ2n) is 5.51. The Kier molecular flexibility index (Phi) is 3.58. The fourth-order valence-electron chi connectivity index (χ4n) is 2.59. The van der Waals surface area contributed by atoms with Crippen LogP contribution in [0, 0.1) is 0 Å². The van der Waals surface area contributed by atoms with Crippen molar-refractivity contribution in [3.05, 3.63) is 35.9 Å². The molecule has 4 heteroatoms. The van der Waals surface area contributed by atoms with Crippen LogP contribution < -0.4 is 0 Å². The fraction of sp³-hybridized carbons (Fsp3) is 0.600. The Labute approximate surface area is 113 Å². The minimum absolute atomic E-state index is 0.0339. The Balaban J connectivity index is 1.52. The summed E-state index contributed by atoms with van der Waals surface area (Å²) in [5, 5.41) is 0. The minimum atomic E-state index is -0.507. The van der Waals surface area contributed by atoms with E-state index in [1.54, 1.807) is 0 Å². The number of rotatable bonds is 3. The van der Waals surface area contributed by atoms with E-state index in [1.165, 1.54) is 0 Å². The molecule has 4 nitrogen and oxygen atoms in total. The van der Waals surface area contributed by atoms with Crippen LogP contribution >= 0.6 is 0 Å². The van der Waals surface area contributed by atoms with Crippen LogP contribution in [-0.2, 0) is 25.6 Å². The van der Waals surface area contributed by atoms with Gasteiger partial charge in [-0.2, -0.15) is 0 Å². The smallest absolute Gasteiger partial charge is 0.163 e. The maximum absolute atomic E-state index is 5.85. The van der Waals surface area contributed by atoms with E-state index in [4.69, 9.17) is 18.9 Å². The second kappa shape index (κ2) is 5.21. The molecule has 0 N–H and O–H groups in total. The van der Waals surface area contributed by atoms with E-state index in [2.05, 4.69) is 0 Å². The Hall–Kier alpha value is -0.940. The Bertz CT molecular complexity index is 417. The molecule has 2 fully saturated rings. The van der Waals surface area contributed by atoms with Crippen LogP contribution in [0.3, 0.4) is 0 Å². The molecule has 0 aliphatic carbocycles. The highest BCUT2D eigenvalue weighted by Crippen LogP contribution is 2.34. The lowest BCUT2D eigenvalue weighted by Crippen LogP contribution is -2.40. The van der Waals surface area contributed by atoms with Gasteiger partial charge in [-0.25, -0.2) is 0 Å². The Morgan fingerprint density at radius 1 is 1.16 bits per heavy atom. The third kappa shape index (κ3) is 3.15. The van der Waals surface area contributed by atoms with Crippen LogP contribution in [0.25, 0.3) is 0 Å². The zero-order valence-corrected chi connectivity index (χ0v) is 11.4. The van der Waals surface area contributed by atoms with Crippen molar-refractivity contribution in [1.29, 1.82) is 0 Å². The molecular weight excluding hydrogens is 244 g/mol. The van der Waals surface area contributed by atoms with Crippen molar-refractivity contribution in [1.82, 2.24) is 0 Å². The topological polar surface area (TPSA) is 36.9 Å².